The first-order valence-electron chi connectivity index (χ1n) is 8.00. The topological polar surface area (TPSA) is 27.0 Å². The van der Waals surface area contributed by atoms with Gasteiger partial charge in [-0.1, -0.05) is 28.1 Å². The van der Waals surface area contributed by atoms with E-state index in [2.05, 4.69) is 28.1 Å². The van der Waals surface area contributed by atoms with Gasteiger partial charge in [0.1, 0.15) is 0 Å². The molecule has 25 heavy (non-hydrogen) atoms. The molecule has 0 spiro atoms. The van der Waals surface area contributed by atoms with Crippen LogP contribution in [0.5, 0.6) is 0 Å². The third-order valence-corrected chi connectivity index (χ3v) is 5.16. The molecule has 0 unspecified atom stereocenters. The fourth-order valence-electron chi connectivity index (χ4n) is 3.27. The van der Waals surface area contributed by atoms with Gasteiger partial charge in [0.2, 0.25) is 0 Å². The monoisotopic (exact) mass is 408 g/mol. The van der Waals surface area contributed by atoms with E-state index in [1.807, 2.05) is 17.0 Å². The van der Waals surface area contributed by atoms with Crippen molar-refractivity contribution in [3.8, 4) is 6.07 Å². The van der Waals surface area contributed by atoms with Gasteiger partial charge in [-0.25, -0.2) is 0 Å². The lowest BCUT2D eigenvalue weighted by Gasteiger charge is -2.34. The van der Waals surface area contributed by atoms with Crippen LogP contribution in [0.25, 0.3) is 0 Å². The summed E-state index contributed by atoms with van der Waals surface area (Å²) in [4.78, 5) is 1.96. The molecule has 0 amide bonds. The highest BCUT2D eigenvalue weighted by molar-refractivity contribution is 9.10. The van der Waals surface area contributed by atoms with Crippen molar-refractivity contribution in [2.24, 2.45) is 0 Å². The first-order valence-corrected chi connectivity index (χ1v) is 8.79. The molecule has 6 heteroatoms. The summed E-state index contributed by atoms with van der Waals surface area (Å²) in [6, 6.07) is 13.8. The summed E-state index contributed by atoms with van der Waals surface area (Å²) in [5.74, 6) is 0.421. The maximum absolute atomic E-state index is 13.1. The zero-order chi connectivity index (χ0) is 18.0. The van der Waals surface area contributed by atoms with Crippen LogP contribution < -0.4 is 4.90 Å². The van der Waals surface area contributed by atoms with Crippen molar-refractivity contribution < 1.29 is 13.2 Å². The Balaban J connectivity index is 1.75. The molecule has 0 radical (unpaired) electrons. The summed E-state index contributed by atoms with van der Waals surface area (Å²) in [6.07, 6.45) is -2.73. The number of halogens is 4. The van der Waals surface area contributed by atoms with Crippen molar-refractivity contribution in [1.82, 2.24) is 0 Å². The normalized spacial score (nSPS) is 15.9. The average molecular weight is 409 g/mol. The SMILES string of the molecule is N#Cc1ccc(N2CCC(c3ccc(Br)cc3)CC2)cc1C(F)(F)F. The molecule has 130 valence electrons. The van der Waals surface area contributed by atoms with Gasteiger partial charge in [-0.05, 0) is 54.7 Å². The van der Waals surface area contributed by atoms with Crippen molar-refractivity contribution in [2.45, 2.75) is 24.9 Å². The molecule has 0 bridgehead atoms. The molecule has 2 aromatic carbocycles. The van der Waals surface area contributed by atoms with E-state index in [4.69, 9.17) is 5.26 Å². The van der Waals surface area contributed by atoms with Crippen molar-refractivity contribution in [2.75, 3.05) is 18.0 Å². The lowest BCUT2D eigenvalue weighted by molar-refractivity contribution is -0.137. The molecule has 0 saturated carbocycles. The van der Waals surface area contributed by atoms with Crippen LogP contribution in [-0.4, -0.2) is 13.1 Å². The number of hydrogen-bond acceptors (Lipinski definition) is 2. The number of nitrogens with zero attached hydrogens (tertiary/aromatic N) is 2. The Morgan fingerprint density at radius 2 is 1.68 bits per heavy atom. The highest BCUT2D eigenvalue weighted by atomic mass is 79.9. The fourth-order valence-corrected chi connectivity index (χ4v) is 3.53. The number of anilines is 1. The van der Waals surface area contributed by atoms with Crippen molar-refractivity contribution >= 4 is 21.6 Å². The summed E-state index contributed by atoms with van der Waals surface area (Å²) in [5, 5.41) is 8.90. The second kappa shape index (κ2) is 7.09. The van der Waals surface area contributed by atoms with E-state index < -0.39 is 11.7 Å². The number of nitriles is 1. The molecule has 1 saturated heterocycles. The molecule has 0 N–H and O–H groups in total. The summed E-state index contributed by atoms with van der Waals surface area (Å²) in [6.45, 7) is 1.40. The van der Waals surface area contributed by atoms with E-state index in [-0.39, 0.29) is 5.56 Å². The summed E-state index contributed by atoms with van der Waals surface area (Å²) in [7, 11) is 0. The maximum Gasteiger partial charge on any atom is 0.417 e. The van der Waals surface area contributed by atoms with Crippen molar-refractivity contribution in [3.63, 3.8) is 0 Å². The number of benzene rings is 2. The summed E-state index contributed by atoms with van der Waals surface area (Å²) >= 11 is 3.42. The van der Waals surface area contributed by atoms with Gasteiger partial charge in [-0.3, -0.25) is 0 Å². The van der Waals surface area contributed by atoms with Crippen LogP contribution in [0.1, 0.15) is 35.4 Å². The molecular weight excluding hydrogens is 393 g/mol. The Morgan fingerprint density at radius 1 is 1.04 bits per heavy atom. The van der Waals surface area contributed by atoms with Gasteiger partial charge in [0.15, 0.2) is 0 Å². The van der Waals surface area contributed by atoms with Crippen LogP contribution in [-0.2, 0) is 6.18 Å². The van der Waals surface area contributed by atoms with E-state index in [1.165, 1.54) is 11.6 Å². The smallest absolute Gasteiger partial charge is 0.371 e. The van der Waals surface area contributed by atoms with Crippen LogP contribution >= 0.6 is 15.9 Å². The van der Waals surface area contributed by atoms with Gasteiger partial charge < -0.3 is 4.90 Å². The molecule has 1 aliphatic heterocycles. The van der Waals surface area contributed by atoms with E-state index in [9.17, 15) is 13.2 Å². The zero-order valence-corrected chi connectivity index (χ0v) is 14.9. The van der Waals surface area contributed by atoms with E-state index in [1.54, 1.807) is 12.1 Å². The second-order valence-corrected chi connectivity index (χ2v) is 7.07. The van der Waals surface area contributed by atoms with Crippen LogP contribution in [0.15, 0.2) is 46.9 Å². The molecule has 3 rings (SSSR count). The number of rotatable bonds is 2. The van der Waals surface area contributed by atoms with Crippen molar-refractivity contribution in [1.29, 1.82) is 5.26 Å². The summed E-state index contributed by atoms with van der Waals surface area (Å²) in [5.41, 5.74) is 0.600. The van der Waals surface area contributed by atoms with Crippen LogP contribution in [0.4, 0.5) is 18.9 Å². The Hall–Kier alpha value is -2.00. The van der Waals surface area contributed by atoms with E-state index in [0.717, 1.165) is 23.4 Å². The van der Waals surface area contributed by atoms with Crippen molar-refractivity contribution in [3.05, 3.63) is 63.6 Å². The first kappa shape index (κ1) is 17.8. The number of piperidine rings is 1. The highest BCUT2D eigenvalue weighted by Gasteiger charge is 2.34. The lowest BCUT2D eigenvalue weighted by atomic mass is 9.89. The molecule has 1 heterocycles. The second-order valence-electron chi connectivity index (χ2n) is 6.15. The molecule has 0 aliphatic carbocycles. The molecule has 1 aliphatic rings. The Kier molecular flexibility index (Phi) is 5.05. The van der Waals surface area contributed by atoms with Gasteiger partial charge in [-0.2, -0.15) is 18.4 Å². The third kappa shape index (κ3) is 3.98. The van der Waals surface area contributed by atoms with Gasteiger partial charge in [0.05, 0.1) is 17.2 Å². The van der Waals surface area contributed by atoms with Crippen LogP contribution in [0.3, 0.4) is 0 Å². The molecule has 2 aromatic rings. The zero-order valence-electron chi connectivity index (χ0n) is 13.4. The predicted molar refractivity (Wildman–Crippen MR) is 94.5 cm³/mol. The number of alkyl halides is 3. The Morgan fingerprint density at radius 3 is 2.24 bits per heavy atom. The highest BCUT2D eigenvalue weighted by Crippen LogP contribution is 2.36. The lowest BCUT2D eigenvalue weighted by Crippen LogP contribution is -2.33. The summed E-state index contributed by atoms with van der Waals surface area (Å²) < 4.78 is 40.4. The van der Waals surface area contributed by atoms with Gasteiger partial charge >= 0.3 is 6.18 Å². The molecule has 0 atom stereocenters. The molecule has 0 aromatic heterocycles. The minimum absolute atomic E-state index is 0.332. The van der Waals surface area contributed by atoms with Gasteiger partial charge in [0.25, 0.3) is 0 Å². The Labute approximate surface area is 153 Å². The third-order valence-electron chi connectivity index (χ3n) is 4.63. The maximum atomic E-state index is 13.1. The van der Waals surface area contributed by atoms with Crippen LogP contribution in [0, 0.1) is 11.3 Å². The fraction of sp³-hybridized carbons (Fsp3) is 0.316. The van der Waals surface area contributed by atoms with E-state index >= 15 is 0 Å². The van der Waals surface area contributed by atoms with Gasteiger partial charge in [-0.15, -0.1) is 0 Å². The number of hydrogen-bond donors (Lipinski definition) is 0. The van der Waals surface area contributed by atoms with Gasteiger partial charge in [0, 0.05) is 23.2 Å². The van der Waals surface area contributed by atoms with E-state index in [0.29, 0.717) is 24.7 Å². The Bertz CT molecular complexity index is 786. The minimum atomic E-state index is -4.52. The predicted octanol–water partition coefficient (Wildman–Crippen LogP) is 5.72. The molecule has 2 nitrogen and oxygen atoms in total. The first-order chi connectivity index (χ1) is 11.9. The quantitative estimate of drug-likeness (QED) is 0.634. The average Bonchev–Trinajstić information content (AvgIpc) is 2.61. The minimum Gasteiger partial charge on any atom is -0.371 e. The molecular formula is C19H16BrF3N2. The standard InChI is InChI=1S/C19H16BrF3N2/c20-16-4-1-13(2-5-16)14-7-9-25(10-8-14)17-6-3-15(12-24)18(11-17)19(21,22)23/h1-6,11,14H,7-10H2. The molecule has 1 fully saturated rings. The van der Waals surface area contributed by atoms with Crippen LogP contribution in [0.2, 0.25) is 0 Å². The largest absolute Gasteiger partial charge is 0.417 e.